The van der Waals surface area contributed by atoms with Gasteiger partial charge in [0.15, 0.2) is 0 Å². The predicted molar refractivity (Wildman–Crippen MR) is 111 cm³/mol. The highest BCUT2D eigenvalue weighted by molar-refractivity contribution is 7.86. The number of hydrogen-bond acceptors (Lipinski definition) is 3. The van der Waals surface area contributed by atoms with Gasteiger partial charge in [0.1, 0.15) is 0 Å². The van der Waals surface area contributed by atoms with E-state index in [-0.39, 0.29) is 6.10 Å². The van der Waals surface area contributed by atoms with Crippen LogP contribution in [0.15, 0.2) is 0 Å². The third kappa shape index (κ3) is 16.1. The molecule has 0 aromatic heterocycles. The molecule has 0 spiro atoms. The average Bonchev–Trinajstić information content (AvgIpc) is 2.58. The van der Waals surface area contributed by atoms with E-state index in [1.54, 1.807) is 0 Å². The first-order valence-corrected chi connectivity index (χ1v) is 12.6. The molecule has 0 amide bonds. The van der Waals surface area contributed by atoms with Crippen LogP contribution in [-0.2, 0) is 10.1 Å². The maximum Gasteiger partial charge on any atom is 0.267 e. The molecule has 0 aromatic rings. The van der Waals surface area contributed by atoms with E-state index >= 15 is 0 Å². The van der Waals surface area contributed by atoms with Gasteiger partial charge in [0.2, 0.25) is 0 Å². The van der Waals surface area contributed by atoms with Gasteiger partial charge in [0.05, 0.1) is 11.4 Å². The molecular weight excluding hydrogens is 348 g/mol. The molecule has 0 aromatic carbocycles. The lowest BCUT2D eigenvalue weighted by Gasteiger charge is -2.13. The van der Waals surface area contributed by atoms with E-state index in [2.05, 4.69) is 6.92 Å². The summed E-state index contributed by atoms with van der Waals surface area (Å²) >= 11 is 0. The minimum atomic E-state index is -3.88. The highest BCUT2D eigenvalue weighted by atomic mass is 32.2. The highest BCUT2D eigenvalue weighted by Crippen LogP contribution is 2.18. The second kappa shape index (κ2) is 17.0. The first-order chi connectivity index (χ1) is 12.4. The lowest BCUT2D eigenvalue weighted by atomic mass is 10.0. The molecular formula is C21H44O4S. The fourth-order valence-electron chi connectivity index (χ4n) is 3.46. The molecule has 0 aliphatic heterocycles. The Balaban J connectivity index is 3.52. The van der Waals surface area contributed by atoms with Gasteiger partial charge in [0, 0.05) is 0 Å². The molecule has 0 fully saturated rings. The summed E-state index contributed by atoms with van der Waals surface area (Å²) in [5.41, 5.74) is 0. The molecule has 0 radical (unpaired) electrons. The zero-order chi connectivity index (χ0) is 19.7. The summed E-state index contributed by atoms with van der Waals surface area (Å²) in [6.45, 7) is 4.24. The molecule has 0 heterocycles. The largest absolute Gasteiger partial charge is 0.393 e. The van der Waals surface area contributed by atoms with Crippen LogP contribution in [0, 0.1) is 0 Å². The Morgan fingerprint density at radius 1 is 0.615 bits per heavy atom. The van der Waals surface area contributed by atoms with E-state index in [0.29, 0.717) is 12.8 Å². The van der Waals surface area contributed by atoms with Crippen LogP contribution in [0.2, 0.25) is 0 Å². The number of unbranched alkanes of at least 4 members (excludes halogenated alkanes) is 10. The molecule has 4 nitrogen and oxygen atoms in total. The first kappa shape index (κ1) is 25.9. The van der Waals surface area contributed by atoms with E-state index < -0.39 is 15.4 Å². The zero-order valence-electron chi connectivity index (χ0n) is 17.3. The second-order valence-corrected chi connectivity index (χ2v) is 9.53. The number of aliphatic hydroxyl groups excluding tert-OH is 1. The molecule has 0 bridgehead atoms. The van der Waals surface area contributed by atoms with Crippen LogP contribution >= 0.6 is 0 Å². The van der Waals surface area contributed by atoms with E-state index in [1.165, 1.54) is 38.5 Å². The Hall–Kier alpha value is -0.130. The van der Waals surface area contributed by atoms with Crippen molar-refractivity contribution < 1.29 is 18.1 Å². The molecule has 0 saturated heterocycles. The van der Waals surface area contributed by atoms with Crippen molar-refractivity contribution in [2.24, 2.45) is 0 Å². The fourth-order valence-corrected chi connectivity index (χ4v) is 4.39. The molecule has 2 N–H and O–H groups in total. The Morgan fingerprint density at radius 2 is 1.00 bits per heavy atom. The van der Waals surface area contributed by atoms with E-state index in [9.17, 15) is 18.1 Å². The first-order valence-electron chi connectivity index (χ1n) is 11.1. The Labute approximate surface area is 162 Å². The van der Waals surface area contributed by atoms with Gasteiger partial charge in [-0.2, -0.15) is 8.42 Å². The van der Waals surface area contributed by atoms with E-state index in [4.69, 9.17) is 0 Å². The predicted octanol–water partition coefficient (Wildman–Crippen LogP) is 6.28. The van der Waals surface area contributed by atoms with Gasteiger partial charge in [-0.15, -0.1) is 0 Å². The van der Waals surface area contributed by atoms with Gasteiger partial charge in [-0.05, 0) is 25.7 Å². The van der Waals surface area contributed by atoms with Gasteiger partial charge in [-0.25, -0.2) is 0 Å². The SMILES string of the molecule is CCCCCCC(O)CCCCCCCCCC(CCCC)S(=O)(=O)O. The second-order valence-electron chi connectivity index (χ2n) is 7.83. The normalized spacial score (nSPS) is 14.5. The van der Waals surface area contributed by atoms with Crippen LogP contribution in [0.4, 0.5) is 0 Å². The van der Waals surface area contributed by atoms with E-state index in [1.807, 2.05) is 6.92 Å². The summed E-state index contributed by atoms with van der Waals surface area (Å²) in [5.74, 6) is 0. The molecule has 5 heteroatoms. The summed E-state index contributed by atoms with van der Waals surface area (Å²) in [6, 6.07) is 0. The van der Waals surface area contributed by atoms with Crippen molar-refractivity contribution in [2.45, 2.75) is 134 Å². The van der Waals surface area contributed by atoms with Gasteiger partial charge < -0.3 is 5.11 Å². The summed E-state index contributed by atoms with van der Waals surface area (Å²) < 4.78 is 32.0. The van der Waals surface area contributed by atoms with Crippen molar-refractivity contribution in [1.29, 1.82) is 0 Å². The van der Waals surface area contributed by atoms with Crippen LogP contribution in [0.1, 0.15) is 123 Å². The quantitative estimate of drug-likeness (QED) is 0.200. The van der Waals surface area contributed by atoms with Crippen LogP contribution in [0.25, 0.3) is 0 Å². The van der Waals surface area contributed by atoms with Crippen molar-refractivity contribution in [2.75, 3.05) is 0 Å². The molecule has 26 heavy (non-hydrogen) atoms. The van der Waals surface area contributed by atoms with Gasteiger partial charge in [-0.1, -0.05) is 97.3 Å². The van der Waals surface area contributed by atoms with Crippen molar-refractivity contribution in [3.63, 3.8) is 0 Å². The molecule has 2 atom stereocenters. The van der Waals surface area contributed by atoms with Crippen molar-refractivity contribution in [3.8, 4) is 0 Å². The standard InChI is InChI=1S/C21H44O4S/c1-3-5-7-13-16-20(22)17-14-11-9-8-10-12-15-19-21(18-6-4-2)26(23,24)25/h20-22H,3-19H2,1-2H3,(H,23,24,25). The summed E-state index contributed by atoms with van der Waals surface area (Å²) in [5, 5.41) is 9.36. The Bertz CT molecular complexity index is 395. The zero-order valence-corrected chi connectivity index (χ0v) is 18.1. The number of hydrogen-bond donors (Lipinski definition) is 2. The van der Waals surface area contributed by atoms with Crippen LogP contribution in [0.5, 0.6) is 0 Å². The molecule has 158 valence electrons. The molecule has 0 saturated carbocycles. The minimum absolute atomic E-state index is 0.118. The lowest BCUT2D eigenvalue weighted by molar-refractivity contribution is 0.147. The summed E-state index contributed by atoms with van der Waals surface area (Å²) in [6.07, 6.45) is 17.4. The summed E-state index contributed by atoms with van der Waals surface area (Å²) in [4.78, 5) is 0. The van der Waals surface area contributed by atoms with Crippen molar-refractivity contribution in [1.82, 2.24) is 0 Å². The fraction of sp³-hybridized carbons (Fsp3) is 1.00. The monoisotopic (exact) mass is 392 g/mol. The third-order valence-corrected chi connectivity index (χ3v) is 6.57. The van der Waals surface area contributed by atoms with Gasteiger partial charge in [0.25, 0.3) is 10.1 Å². The van der Waals surface area contributed by atoms with E-state index in [0.717, 1.165) is 57.8 Å². The van der Waals surface area contributed by atoms with Crippen LogP contribution in [0.3, 0.4) is 0 Å². The Morgan fingerprint density at radius 3 is 1.46 bits per heavy atom. The maximum atomic E-state index is 11.4. The smallest absolute Gasteiger partial charge is 0.267 e. The average molecular weight is 393 g/mol. The maximum absolute atomic E-state index is 11.4. The molecule has 0 rings (SSSR count). The van der Waals surface area contributed by atoms with Crippen LogP contribution < -0.4 is 0 Å². The van der Waals surface area contributed by atoms with Crippen molar-refractivity contribution >= 4 is 10.1 Å². The van der Waals surface area contributed by atoms with Crippen LogP contribution in [-0.4, -0.2) is 29.4 Å². The highest BCUT2D eigenvalue weighted by Gasteiger charge is 2.21. The molecule has 2 unspecified atom stereocenters. The minimum Gasteiger partial charge on any atom is -0.393 e. The Kier molecular flexibility index (Phi) is 16.9. The molecule has 0 aliphatic rings. The van der Waals surface area contributed by atoms with Gasteiger partial charge >= 0.3 is 0 Å². The topological polar surface area (TPSA) is 74.6 Å². The van der Waals surface area contributed by atoms with Crippen molar-refractivity contribution in [3.05, 3.63) is 0 Å². The lowest BCUT2D eigenvalue weighted by Crippen LogP contribution is -2.20. The number of rotatable bonds is 19. The number of aliphatic hydroxyl groups is 1. The summed E-state index contributed by atoms with van der Waals surface area (Å²) in [7, 11) is -3.88. The molecule has 0 aliphatic carbocycles. The third-order valence-electron chi connectivity index (χ3n) is 5.26. The van der Waals surface area contributed by atoms with Gasteiger partial charge in [-0.3, -0.25) is 4.55 Å².